The van der Waals surface area contributed by atoms with Crippen LogP contribution in [0, 0.1) is 0 Å². The highest BCUT2D eigenvalue weighted by Gasteiger charge is 2.14. The number of carbonyl (C=O) groups excluding carboxylic acids is 1. The van der Waals surface area contributed by atoms with Gasteiger partial charge in [-0.05, 0) is 13.0 Å². The van der Waals surface area contributed by atoms with Crippen LogP contribution in [0.25, 0.3) is 0 Å². The Morgan fingerprint density at radius 1 is 1.54 bits per heavy atom. The Hall–Kier alpha value is -1.52. The molecule has 0 atom stereocenters. The van der Waals surface area contributed by atoms with E-state index in [2.05, 4.69) is 5.10 Å². The van der Waals surface area contributed by atoms with Gasteiger partial charge in [-0.15, -0.1) is 0 Å². The van der Waals surface area contributed by atoms with Gasteiger partial charge < -0.3 is 4.90 Å². The van der Waals surface area contributed by atoms with E-state index >= 15 is 0 Å². The van der Waals surface area contributed by atoms with Crippen LogP contribution >= 0.6 is 0 Å². The topological polar surface area (TPSA) is 41.4 Å². The van der Waals surface area contributed by atoms with Crippen molar-refractivity contribution < 1.29 is 4.79 Å². The largest absolute Gasteiger partial charge is 0.339 e. The SMILES string of the molecule is CCN(C(=O)N(C)C)n1cccn1. The van der Waals surface area contributed by atoms with Gasteiger partial charge in [0.2, 0.25) is 0 Å². The lowest BCUT2D eigenvalue weighted by molar-refractivity contribution is 0.216. The molecule has 1 aromatic rings. The molecular formula is C8H14N4O. The maximum Gasteiger partial charge on any atom is 0.339 e. The van der Waals surface area contributed by atoms with Crippen molar-refractivity contribution in [2.24, 2.45) is 0 Å². The van der Waals surface area contributed by atoms with Crippen molar-refractivity contribution in [1.29, 1.82) is 0 Å². The molecule has 0 bridgehead atoms. The average Bonchev–Trinajstić information content (AvgIpc) is 2.58. The first-order chi connectivity index (χ1) is 6.16. The lowest BCUT2D eigenvalue weighted by Crippen LogP contribution is -2.46. The summed E-state index contributed by atoms with van der Waals surface area (Å²) in [6.07, 6.45) is 3.39. The van der Waals surface area contributed by atoms with Gasteiger partial charge in [-0.3, -0.25) is 0 Å². The highest BCUT2D eigenvalue weighted by molar-refractivity contribution is 5.83. The van der Waals surface area contributed by atoms with Gasteiger partial charge >= 0.3 is 6.03 Å². The van der Waals surface area contributed by atoms with E-state index in [0.717, 1.165) is 0 Å². The van der Waals surface area contributed by atoms with Crippen molar-refractivity contribution in [3.63, 3.8) is 0 Å². The fourth-order valence-corrected chi connectivity index (χ4v) is 1.00. The summed E-state index contributed by atoms with van der Waals surface area (Å²) in [5.41, 5.74) is 0. The summed E-state index contributed by atoms with van der Waals surface area (Å²) in [5, 5.41) is 5.53. The Kier molecular flexibility index (Phi) is 2.89. The number of urea groups is 1. The maximum atomic E-state index is 11.6. The van der Waals surface area contributed by atoms with Gasteiger partial charge in [0.25, 0.3) is 0 Å². The molecule has 0 radical (unpaired) electrons. The minimum atomic E-state index is -0.0776. The average molecular weight is 182 g/mol. The molecule has 0 saturated heterocycles. The Labute approximate surface area is 77.5 Å². The van der Waals surface area contributed by atoms with Gasteiger partial charge in [0, 0.05) is 26.8 Å². The Morgan fingerprint density at radius 3 is 2.62 bits per heavy atom. The molecule has 13 heavy (non-hydrogen) atoms. The predicted octanol–water partition coefficient (Wildman–Crippen LogP) is 0.523. The first kappa shape index (κ1) is 9.57. The van der Waals surface area contributed by atoms with Crippen LogP contribution in [-0.2, 0) is 0 Å². The number of aromatic nitrogens is 2. The van der Waals surface area contributed by atoms with Gasteiger partial charge in [0.1, 0.15) is 0 Å². The third kappa shape index (κ3) is 1.99. The summed E-state index contributed by atoms with van der Waals surface area (Å²) in [7, 11) is 3.43. The molecule has 1 aromatic heterocycles. The van der Waals surface area contributed by atoms with Gasteiger partial charge in [-0.2, -0.15) is 9.89 Å². The van der Waals surface area contributed by atoms with E-state index < -0.39 is 0 Å². The molecule has 0 spiro atoms. The second-order valence-electron chi connectivity index (χ2n) is 2.82. The number of nitrogens with zero attached hydrogens (tertiary/aromatic N) is 4. The van der Waals surface area contributed by atoms with E-state index in [-0.39, 0.29) is 6.03 Å². The highest BCUT2D eigenvalue weighted by atomic mass is 16.2. The molecule has 0 saturated carbocycles. The Morgan fingerprint density at radius 2 is 2.23 bits per heavy atom. The number of hydrogen-bond donors (Lipinski definition) is 0. The molecule has 5 heteroatoms. The van der Waals surface area contributed by atoms with Gasteiger partial charge in [-0.25, -0.2) is 9.80 Å². The van der Waals surface area contributed by atoms with E-state index in [9.17, 15) is 4.79 Å². The highest BCUT2D eigenvalue weighted by Crippen LogP contribution is 1.94. The van der Waals surface area contributed by atoms with E-state index in [1.807, 2.05) is 6.92 Å². The normalized spacial score (nSPS) is 9.77. The molecule has 1 heterocycles. The number of amides is 2. The number of hydrogen-bond acceptors (Lipinski definition) is 2. The van der Waals surface area contributed by atoms with Crippen molar-refractivity contribution >= 4 is 6.03 Å². The monoisotopic (exact) mass is 182 g/mol. The fourth-order valence-electron chi connectivity index (χ4n) is 1.00. The van der Waals surface area contributed by atoms with E-state index in [0.29, 0.717) is 6.54 Å². The lowest BCUT2D eigenvalue weighted by atomic mass is 10.6. The van der Waals surface area contributed by atoms with Crippen LogP contribution in [0.3, 0.4) is 0 Å². The Bertz CT molecular complexity index is 268. The molecule has 0 aliphatic carbocycles. The van der Waals surface area contributed by atoms with Crippen LogP contribution in [0.5, 0.6) is 0 Å². The molecule has 0 aromatic carbocycles. The molecule has 0 N–H and O–H groups in total. The van der Waals surface area contributed by atoms with E-state index in [1.165, 1.54) is 9.69 Å². The van der Waals surface area contributed by atoms with Crippen molar-refractivity contribution in [3.8, 4) is 0 Å². The van der Waals surface area contributed by atoms with Crippen LogP contribution in [0.4, 0.5) is 4.79 Å². The lowest BCUT2D eigenvalue weighted by Gasteiger charge is -2.23. The maximum absolute atomic E-state index is 11.6. The van der Waals surface area contributed by atoms with Crippen molar-refractivity contribution in [3.05, 3.63) is 18.5 Å². The zero-order valence-electron chi connectivity index (χ0n) is 8.14. The fraction of sp³-hybridized carbons (Fsp3) is 0.500. The van der Waals surface area contributed by atoms with Crippen molar-refractivity contribution in [2.45, 2.75) is 6.92 Å². The van der Waals surface area contributed by atoms with Gasteiger partial charge in [-0.1, -0.05) is 0 Å². The molecular weight excluding hydrogens is 168 g/mol. The van der Waals surface area contributed by atoms with E-state index in [1.54, 1.807) is 37.6 Å². The number of carbonyl (C=O) groups is 1. The Balaban J connectivity index is 2.80. The third-order valence-electron chi connectivity index (χ3n) is 1.64. The molecule has 72 valence electrons. The molecule has 0 aliphatic heterocycles. The summed E-state index contributed by atoms with van der Waals surface area (Å²) in [5.74, 6) is 0. The van der Waals surface area contributed by atoms with Crippen LogP contribution in [0.2, 0.25) is 0 Å². The summed E-state index contributed by atoms with van der Waals surface area (Å²) >= 11 is 0. The molecule has 1 rings (SSSR count). The van der Waals surface area contributed by atoms with Crippen LogP contribution < -0.4 is 5.01 Å². The second-order valence-corrected chi connectivity index (χ2v) is 2.82. The first-order valence-electron chi connectivity index (χ1n) is 4.15. The van der Waals surface area contributed by atoms with Gasteiger partial charge in [0.15, 0.2) is 0 Å². The molecule has 0 aliphatic rings. The van der Waals surface area contributed by atoms with E-state index in [4.69, 9.17) is 0 Å². The summed E-state index contributed by atoms with van der Waals surface area (Å²) in [6, 6.07) is 1.71. The van der Waals surface area contributed by atoms with Crippen molar-refractivity contribution in [1.82, 2.24) is 14.8 Å². The van der Waals surface area contributed by atoms with Crippen molar-refractivity contribution in [2.75, 3.05) is 25.6 Å². The van der Waals surface area contributed by atoms with Crippen LogP contribution in [-0.4, -0.2) is 41.5 Å². The van der Waals surface area contributed by atoms with Crippen LogP contribution in [0.15, 0.2) is 18.5 Å². The van der Waals surface area contributed by atoms with Gasteiger partial charge in [0.05, 0.1) is 6.20 Å². The molecule has 5 nitrogen and oxygen atoms in total. The quantitative estimate of drug-likeness (QED) is 0.669. The minimum absolute atomic E-state index is 0.0776. The minimum Gasteiger partial charge on any atom is -0.329 e. The molecule has 0 fully saturated rings. The smallest absolute Gasteiger partial charge is 0.329 e. The third-order valence-corrected chi connectivity index (χ3v) is 1.64. The standard InChI is InChI=1S/C8H14N4O/c1-4-11(8(13)10(2)3)12-7-5-6-9-12/h5-7H,4H2,1-3H3. The van der Waals surface area contributed by atoms with Crippen LogP contribution in [0.1, 0.15) is 6.92 Å². The molecule has 2 amide bonds. The summed E-state index contributed by atoms with van der Waals surface area (Å²) in [4.78, 5) is 14.6. The first-order valence-corrected chi connectivity index (χ1v) is 4.15. The number of rotatable bonds is 2. The zero-order chi connectivity index (χ0) is 9.84. The summed E-state index contributed by atoms with van der Waals surface area (Å²) < 4.78 is 0. The zero-order valence-corrected chi connectivity index (χ0v) is 8.14. The summed E-state index contributed by atoms with van der Waals surface area (Å²) in [6.45, 7) is 2.50. The second kappa shape index (κ2) is 3.93. The molecule has 0 unspecified atom stereocenters. The predicted molar refractivity (Wildman–Crippen MR) is 50.1 cm³/mol.